The number of amides is 2. The number of nitrogens with zero attached hydrogens (tertiary/aromatic N) is 2. The zero-order valence-electron chi connectivity index (χ0n) is 17.6. The maximum absolute atomic E-state index is 13.4. The Bertz CT molecular complexity index is 1270. The minimum Gasteiger partial charge on any atom is -0.427 e. The second-order valence-electron chi connectivity index (χ2n) is 7.34. The average molecular weight is 485 g/mol. The molecule has 1 fully saturated rings. The van der Waals surface area contributed by atoms with Gasteiger partial charge in [0, 0.05) is 13.5 Å². The molecule has 10 heteroatoms. The van der Waals surface area contributed by atoms with Gasteiger partial charge in [-0.3, -0.25) is 14.4 Å². The Morgan fingerprint density at radius 1 is 1.06 bits per heavy atom. The van der Waals surface area contributed by atoms with Crippen molar-refractivity contribution in [1.29, 1.82) is 0 Å². The lowest BCUT2D eigenvalue weighted by atomic mass is 10.2. The molecule has 0 radical (unpaired) electrons. The summed E-state index contributed by atoms with van der Waals surface area (Å²) in [6.45, 7) is 1.21. The zero-order valence-corrected chi connectivity index (χ0v) is 19.2. The smallest absolute Gasteiger partial charge is 0.308 e. The van der Waals surface area contributed by atoms with Crippen LogP contribution in [0.1, 0.15) is 18.9 Å². The highest BCUT2D eigenvalue weighted by Crippen LogP contribution is 2.32. The van der Waals surface area contributed by atoms with Crippen LogP contribution in [0.2, 0.25) is 0 Å². The number of carbonyl (C=O) groups excluding carboxylic acids is 3. The van der Waals surface area contributed by atoms with Crippen LogP contribution in [0.4, 0.5) is 5.69 Å². The van der Waals surface area contributed by atoms with Crippen LogP contribution < -0.4 is 9.64 Å². The molecule has 3 aromatic rings. The Morgan fingerprint density at radius 3 is 2.36 bits per heavy atom. The van der Waals surface area contributed by atoms with Crippen LogP contribution >= 0.6 is 11.3 Å². The van der Waals surface area contributed by atoms with Crippen molar-refractivity contribution in [3.63, 3.8) is 0 Å². The van der Waals surface area contributed by atoms with E-state index in [1.165, 1.54) is 37.3 Å². The normalized spacial score (nSPS) is 16.4. The Labute approximate surface area is 195 Å². The second-order valence-corrected chi connectivity index (χ2v) is 10.4. The first-order valence-corrected chi connectivity index (χ1v) is 12.3. The van der Waals surface area contributed by atoms with Crippen molar-refractivity contribution in [2.75, 3.05) is 4.90 Å². The number of carbonyl (C=O) groups is 3. The number of benzene rings is 2. The van der Waals surface area contributed by atoms with Gasteiger partial charge in [0.25, 0.3) is 15.9 Å². The van der Waals surface area contributed by atoms with Crippen LogP contribution in [0.25, 0.3) is 0 Å². The van der Waals surface area contributed by atoms with Gasteiger partial charge in [-0.15, -0.1) is 11.3 Å². The number of thiophene rings is 1. The number of anilines is 1. The fourth-order valence-electron chi connectivity index (χ4n) is 3.59. The Kier molecular flexibility index (Phi) is 6.41. The van der Waals surface area contributed by atoms with E-state index in [-0.39, 0.29) is 28.6 Å². The topological polar surface area (TPSA) is 101 Å². The van der Waals surface area contributed by atoms with Gasteiger partial charge in [0.05, 0.1) is 12.1 Å². The first kappa shape index (κ1) is 22.8. The maximum atomic E-state index is 13.4. The van der Waals surface area contributed by atoms with Crippen LogP contribution in [0.3, 0.4) is 0 Å². The summed E-state index contributed by atoms with van der Waals surface area (Å²) in [7, 11) is -4.03. The first-order chi connectivity index (χ1) is 15.8. The monoisotopic (exact) mass is 484 g/mol. The van der Waals surface area contributed by atoms with Crippen LogP contribution in [0.5, 0.6) is 5.75 Å². The van der Waals surface area contributed by atoms with Gasteiger partial charge in [0.15, 0.2) is 0 Å². The molecule has 0 aliphatic carbocycles. The Hall–Kier alpha value is -3.34. The molecule has 4 rings (SSSR count). The second kappa shape index (κ2) is 9.26. The van der Waals surface area contributed by atoms with Crippen molar-refractivity contribution in [3.8, 4) is 5.75 Å². The minimum absolute atomic E-state index is 0.0516. The molecule has 1 atom stereocenters. The summed E-state index contributed by atoms with van der Waals surface area (Å²) in [5.41, 5.74) is 0.971. The Morgan fingerprint density at radius 2 is 1.76 bits per heavy atom. The summed E-state index contributed by atoms with van der Waals surface area (Å²) in [5, 5.41) is 1.65. The van der Waals surface area contributed by atoms with E-state index in [4.69, 9.17) is 4.74 Å². The average Bonchev–Trinajstić information content (AvgIpc) is 3.42. The van der Waals surface area contributed by atoms with Crippen molar-refractivity contribution < 1.29 is 27.5 Å². The molecule has 1 aliphatic heterocycles. The number of sulfonamides is 1. The van der Waals surface area contributed by atoms with Crippen molar-refractivity contribution in [2.24, 2.45) is 0 Å². The van der Waals surface area contributed by atoms with E-state index >= 15 is 0 Å². The van der Waals surface area contributed by atoms with Crippen LogP contribution in [-0.4, -0.2) is 36.5 Å². The lowest BCUT2D eigenvalue weighted by Gasteiger charge is -2.26. The zero-order chi connectivity index (χ0) is 23.6. The van der Waals surface area contributed by atoms with Gasteiger partial charge >= 0.3 is 5.97 Å². The molecule has 1 aliphatic rings. The quantitative estimate of drug-likeness (QED) is 0.290. The third-order valence-corrected chi connectivity index (χ3v) is 8.29. The first-order valence-electron chi connectivity index (χ1n) is 10.0. The van der Waals surface area contributed by atoms with Gasteiger partial charge < -0.3 is 4.74 Å². The Balaban J connectivity index is 1.67. The standard InChI is InChI=1S/C23H20N2O6S2/c1-16(26)31-19-11-9-18(10-12-19)25-21(27)14-20(23(25)28)24(15-17-6-3-2-4-7-17)33(29,30)22-8-5-13-32-22/h2-13,20H,14-15H2,1H3. The maximum Gasteiger partial charge on any atom is 0.308 e. The van der Waals surface area contributed by atoms with E-state index in [2.05, 4.69) is 0 Å². The van der Waals surface area contributed by atoms with Crippen LogP contribution in [0.15, 0.2) is 76.3 Å². The third-order valence-electron chi connectivity index (χ3n) is 5.07. The van der Waals surface area contributed by atoms with E-state index in [1.54, 1.807) is 35.7 Å². The van der Waals surface area contributed by atoms with E-state index in [9.17, 15) is 22.8 Å². The van der Waals surface area contributed by atoms with E-state index in [0.29, 0.717) is 5.56 Å². The summed E-state index contributed by atoms with van der Waals surface area (Å²) in [6.07, 6.45) is -0.276. The molecular formula is C23H20N2O6S2. The predicted molar refractivity (Wildman–Crippen MR) is 122 cm³/mol. The van der Waals surface area contributed by atoms with Crippen molar-refractivity contribution in [1.82, 2.24) is 4.31 Å². The number of rotatable bonds is 7. The predicted octanol–water partition coefficient (Wildman–Crippen LogP) is 3.20. The van der Waals surface area contributed by atoms with Crippen LogP contribution in [-0.2, 0) is 31.0 Å². The summed E-state index contributed by atoms with van der Waals surface area (Å²) in [6, 6.07) is 16.7. The molecule has 1 unspecified atom stereocenters. The molecule has 2 amide bonds. The summed E-state index contributed by atoms with van der Waals surface area (Å²) in [5.74, 6) is -1.36. The third kappa shape index (κ3) is 4.72. The number of esters is 1. The summed E-state index contributed by atoms with van der Waals surface area (Å²) < 4.78 is 33.0. The highest BCUT2D eigenvalue weighted by molar-refractivity contribution is 7.91. The van der Waals surface area contributed by atoms with Gasteiger partial charge in [-0.25, -0.2) is 13.3 Å². The lowest BCUT2D eigenvalue weighted by Crippen LogP contribution is -2.44. The van der Waals surface area contributed by atoms with E-state index < -0.39 is 33.8 Å². The van der Waals surface area contributed by atoms with Crippen LogP contribution in [0, 0.1) is 0 Å². The number of imide groups is 1. The van der Waals surface area contributed by atoms with E-state index in [1.807, 2.05) is 6.07 Å². The highest BCUT2D eigenvalue weighted by Gasteiger charge is 2.47. The minimum atomic E-state index is -4.03. The van der Waals surface area contributed by atoms with Gasteiger partial charge in [-0.2, -0.15) is 4.31 Å². The van der Waals surface area contributed by atoms with Gasteiger partial charge in [0.1, 0.15) is 16.0 Å². The molecule has 0 spiro atoms. The van der Waals surface area contributed by atoms with Crippen molar-refractivity contribution >= 4 is 44.8 Å². The molecule has 33 heavy (non-hydrogen) atoms. The van der Waals surface area contributed by atoms with Gasteiger partial charge in [-0.1, -0.05) is 36.4 Å². The fraction of sp³-hybridized carbons (Fsp3) is 0.174. The van der Waals surface area contributed by atoms with Gasteiger partial charge in [0.2, 0.25) is 5.91 Å². The molecule has 1 saturated heterocycles. The molecule has 2 heterocycles. The molecule has 170 valence electrons. The molecule has 0 bridgehead atoms. The largest absolute Gasteiger partial charge is 0.427 e. The lowest BCUT2D eigenvalue weighted by molar-refractivity contribution is -0.132. The van der Waals surface area contributed by atoms with E-state index in [0.717, 1.165) is 20.5 Å². The number of ether oxygens (including phenoxy) is 1. The molecule has 2 aromatic carbocycles. The fourth-order valence-corrected chi connectivity index (χ4v) is 6.28. The summed E-state index contributed by atoms with van der Waals surface area (Å²) in [4.78, 5) is 38.3. The summed E-state index contributed by atoms with van der Waals surface area (Å²) >= 11 is 1.05. The van der Waals surface area contributed by atoms with Crippen molar-refractivity contribution in [2.45, 2.75) is 30.1 Å². The number of hydrogen-bond donors (Lipinski definition) is 0. The molecule has 8 nitrogen and oxygen atoms in total. The number of hydrogen-bond acceptors (Lipinski definition) is 7. The molecule has 0 saturated carbocycles. The van der Waals surface area contributed by atoms with Gasteiger partial charge in [-0.05, 0) is 41.3 Å². The SMILES string of the molecule is CC(=O)Oc1ccc(N2C(=O)CC(N(Cc3ccccc3)S(=O)(=O)c3cccs3)C2=O)cc1. The molecular weight excluding hydrogens is 464 g/mol. The molecule has 0 N–H and O–H groups in total. The van der Waals surface area contributed by atoms with Crippen molar-refractivity contribution in [3.05, 3.63) is 77.7 Å². The highest BCUT2D eigenvalue weighted by atomic mass is 32.2. The molecule has 1 aromatic heterocycles.